The van der Waals surface area contributed by atoms with Crippen LogP contribution in [0.5, 0.6) is 0 Å². The average Bonchev–Trinajstić information content (AvgIpc) is 2.30. The van der Waals surface area contributed by atoms with Gasteiger partial charge in [-0.05, 0) is 26.0 Å². The lowest BCUT2D eigenvalue weighted by atomic mass is 10.2. The van der Waals surface area contributed by atoms with Gasteiger partial charge in [0.25, 0.3) is 0 Å². The number of amides is 2. The monoisotopic (exact) mass is 251 g/mol. The Hall–Kier alpha value is -1.62. The number of hydrogen-bond acceptors (Lipinski definition) is 2. The SMILES string of the molecule is CCN(CC)C(=O)Nc1cccc(C(N)=S)c1. The summed E-state index contributed by atoms with van der Waals surface area (Å²) in [6.45, 7) is 5.23. The normalized spacial score (nSPS) is 9.76. The Morgan fingerprint density at radius 1 is 1.41 bits per heavy atom. The third kappa shape index (κ3) is 3.71. The van der Waals surface area contributed by atoms with Gasteiger partial charge in [0, 0.05) is 24.3 Å². The Morgan fingerprint density at radius 3 is 2.59 bits per heavy atom. The summed E-state index contributed by atoms with van der Waals surface area (Å²) in [5, 5.41) is 2.81. The predicted octanol–water partition coefficient (Wildman–Crippen LogP) is 2.19. The van der Waals surface area contributed by atoms with Crippen LogP contribution >= 0.6 is 12.2 Å². The molecule has 0 radical (unpaired) electrons. The number of nitrogens with one attached hydrogen (secondary N) is 1. The van der Waals surface area contributed by atoms with Crippen molar-refractivity contribution in [2.75, 3.05) is 18.4 Å². The molecule has 0 aliphatic carbocycles. The molecule has 0 heterocycles. The van der Waals surface area contributed by atoms with E-state index in [2.05, 4.69) is 5.32 Å². The van der Waals surface area contributed by atoms with Gasteiger partial charge >= 0.3 is 6.03 Å². The van der Waals surface area contributed by atoms with E-state index < -0.39 is 0 Å². The molecular weight excluding hydrogens is 234 g/mol. The Labute approximate surface area is 107 Å². The van der Waals surface area contributed by atoms with Gasteiger partial charge in [-0.25, -0.2) is 4.79 Å². The first-order valence-corrected chi connectivity index (χ1v) is 5.95. The Morgan fingerprint density at radius 2 is 2.06 bits per heavy atom. The molecule has 3 N–H and O–H groups in total. The number of nitrogens with two attached hydrogens (primary N) is 1. The minimum atomic E-state index is -0.116. The number of benzene rings is 1. The van der Waals surface area contributed by atoms with E-state index in [-0.39, 0.29) is 6.03 Å². The van der Waals surface area contributed by atoms with Gasteiger partial charge in [0.1, 0.15) is 4.99 Å². The molecular formula is C12H17N3OS. The number of carbonyl (C=O) groups is 1. The van der Waals surface area contributed by atoms with Crippen LogP contribution in [0.3, 0.4) is 0 Å². The van der Waals surface area contributed by atoms with E-state index in [1.807, 2.05) is 32.0 Å². The first-order chi connectivity index (χ1) is 8.08. The summed E-state index contributed by atoms with van der Waals surface area (Å²) in [6, 6.07) is 7.09. The van der Waals surface area contributed by atoms with Crippen LogP contribution in [0.15, 0.2) is 24.3 Å². The molecule has 0 aliphatic rings. The number of carbonyl (C=O) groups excluding carboxylic acids is 1. The van der Waals surface area contributed by atoms with E-state index in [4.69, 9.17) is 18.0 Å². The highest BCUT2D eigenvalue weighted by molar-refractivity contribution is 7.80. The smallest absolute Gasteiger partial charge is 0.321 e. The van der Waals surface area contributed by atoms with Crippen LogP contribution in [0.25, 0.3) is 0 Å². The van der Waals surface area contributed by atoms with Crippen LogP contribution < -0.4 is 11.1 Å². The van der Waals surface area contributed by atoms with Gasteiger partial charge in [0.2, 0.25) is 0 Å². The topological polar surface area (TPSA) is 58.4 Å². The lowest BCUT2D eigenvalue weighted by Gasteiger charge is -2.19. The minimum Gasteiger partial charge on any atom is -0.389 e. The van der Waals surface area contributed by atoms with E-state index in [1.165, 1.54) is 0 Å². The van der Waals surface area contributed by atoms with Crippen molar-refractivity contribution in [3.8, 4) is 0 Å². The molecule has 0 saturated carbocycles. The molecule has 2 amide bonds. The molecule has 0 spiro atoms. The van der Waals surface area contributed by atoms with Crippen molar-refractivity contribution < 1.29 is 4.79 Å². The van der Waals surface area contributed by atoms with Crippen molar-refractivity contribution in [1.82, 2.24) is 4.90 Å². The molecule has 0 fully saturated rings. The molecule has 17 heavy (non-hydrogen) atoms. The largest absolute Gasteiger partial charge is 0.389 e. The molecule has 1 rings (SSSR count). The Kier molecular flexibility index (Phi) is 4.90. The third-order valence-electron chi connectivity index (χ3n) is 2.45. The molecule has 0 bridgehead atoms. The maximum Gasteiger partial charge on any atom is 0.321 e. The Bertz CT molecular complexity index is 416. The summed E-state index contributed by atoms with van der Waals surface area (Å²) >= 11 is 4.89. The first-order valence-electron chi connectivity index (χ1n) is 5.54. The lowest BCUT2D eigenvalue weighted by Crippen LogP contribution is -2.34. The fourth-order valence-electron chi connectivity index (χ4n) is 1.46. The maximum absolute atomic E-state index is 11.8. The lowest BCUT2D eigenvalue weighted by molar-refractivity contribution is 0.217. The maximum atomic E-state index is 11.8. The third-order valence-corrected chi connectivity index (χ3v) is 2.68. The predicted molar refractivity (Wildman–Crippen MR) is 74.3 cm³/mol. The molecule has 1 aromatic rings. The number of urea groups is 1. The van der Waals surface area contributed by atoms with E-state index >= 15 is 0 Å². The quantitative estimate of drug-likeness (QED) is 0.806. The summed E-state index contributed by atoms with van der Waals surface area (Å²) in [6.07, 6.45) is 0. The molecule has 4 nitrogen and oxygen atoms in total. The van der Waals surface area contributed by atoms with Crippen LogP contribution in [0, 0.1) is 0 Å². The van der Waals surface area contributed by atoms with Gasteiger partial charge in [-0.15, -0.1) is 0 Å². The highest BCUT2D eigenvalue weighted by atomic mass is 32.1. The van der Waals surface area contributed by atoms with Crippen LogP contribution in [0.2, 0.25) is 0 Å². The molecule has 0 saturated heterocycles. The van der Waals surface area contributed by atoms with Gasteiger partial charge < -0.3 is 16.0 Å². The number of nitrogens with zero attached hydrogens (tertiary/aromatic N) is 1. The van der Waals surface area contributed by atoms with Gasteiger partial charge in [-0.2, -0.15) is 0 Å². The first kappa shape index (κ1) is 13.4. The van der Waals surface area contributed by atoms with Crippen LogP contribution in [0.1, 0.15) is 19.4 Å². The zero-order valence-corrected chi connectivity index (χ0v) is 10.9. The van der Waals surface area contributed by atoms with Crippen molar-refractivity contribution in [3.63, 3.8) is 0 Å². The second-order valence-electron chi connectivity index (χ2n) is 3.55. The van der Waals surface area contributed by atoms with Gasteiger partial charge in [0.15, 0.2) is 0 Å². The Balaban J connectivity index is 2.78. The highest BCUT2D eigenvalue weighted by Crippen LogP contribution is 2.11. The summed E-state index contributed by atoms with van der Waals surface area (Å²) in [7, 11) is 0. The van der Waals surface area contributed by atoms with Crippen LogP contribution in [-0.4, -0.2) is 29.0 Å². The van der Waals surface area contributed by atoms with Gasteiger partial charge in [0.05, 0.1) is 0 Å². The van der Waals surface area contributed by atoms with Crippen LogP contribution in [0.4, 0.5) is 10.5 Å². The molecule has 0 atom stereocenters. The van der Waals surface area contributed by atoms with Crippen molar-refractivity contribution in [2.24, 2.45) is 5.73 Å². The molecule has 0 aliphatic heterocycles. The fraction of sp³-hybridized carbons (Fsp3) is 0.333. The zero-order chi connectivity index (χ0) is 12.8. The second kappa shape index (κ2) is 6.20. The zero-order valence-electron chi connectivity index (χ0n) is 10.1. The van der Waals surface area contributed by atoms with Gasteiger partial charge in [-0.1, -0.05) is 24.4 Å². The van der Waals surface area contributed by atoms with E-state index in [0.717, 1.165) is 5.56 Å². The van der Waals surface area contributed by atoms with Crippen molar-refractivity contribution in [2.45, 2.75) is 13.8 Å². The second-order valence-corrected chi connectivity index (χ2v) is 3.99. The standard InChI is InChI=1S/C12H17N3OS/c1-3-15(4-2)12(16)14-10-7-5-6-9(8-10)11(13)17/h5-8H,3-4H2,1-2H3,(H2,13,17)(H,14,16). The van der Waals surface area contributed by atoms with Crippen LogP contribution in [-0.2, 0) is 0 Å². The number of rotatable bonds is 4. The minimum absolute atomic E-state index is 0.116. The van der Waals surface area contributed by atoms with Crippen molar-refractivity contribution in [3.05, 3.63) is 29.8 Å². The molecule has 5 heteroatoms. The van der Waals surface area contributed by atoms with Gasteiger partial charge in [-0.3, -0.25) is 0 Å². The summed E-state index contributed by atoms with van der Waals surface area (Å²) in [5.41, 5.74) is 6.98. The van der Waals surface area contributed by atoms with Crippen molar-refractivity contribution in [1.29, 1.82) is 0 Å². The molecule has 92 valence electrons. The molecule has 1 aromatic carbocycles. The fourth-order valence-corrected chi connectivity index (χ4v) is 1.59. The average molecular weight is 251 g/mol. The summed E-state index contributed by atoms with van der Waals surface area (Å²) < 4.78 is 0. The van der Waals surface area contributed by atoms with E-state index in [1.54, 1.807) is 11.0 Å². The summed E-state index contributed by atoms with van der Waals surface area (Å²) in [4.78, 5) is 13.8. The molecule has 0 unspecified atom stereocenters. The highest BCUT2D eigenvalue weighted by Gasteiger charge is 2.09. The van der Waals surface area contributed by atoms with E-state index in [9.17, 15) is 4.79 Å². The van der Waals surface area contributed by atoms with E-state index in [0.29, 0.717) is 23.8 Å². The molecule has 0 aromatic heterocycles. The number of hydrogen-bond donors (Lipinski definition) is 2. The number of anilines is 1. The van der Waals surface area contributed by atoms with Crippen molar-refractivity contribution >= 4 is 28.9 Å². The number of thiocarbonyl (C=S) groups is 1. The summed E-state index contributed by atoms with van der Waals surface area (Å²) in [5.74, 6) is 0.